The van der Waals surface area contributed by atoms with E-state index in [1.165, 1.54) is 0 Å². The van der Waals surface area contributed by atoms with Crippen molar-refractivity contribution in [3.05, 3.63) is 71.4 Å². The summed E-state index contributed by atoms with van der Waals surface area (Å²) in [5.74, 6) is 0.734. The summed E-state index contributed by atoms with van der Waals surface area (Å²) in [6, 6.07) is 17.7. The molecule has 0 atom stereocenters. The van der Waals surface area contributed by atoms with Crippen molar-refractivity contribution in [3.8, 4) is 17.9 Å². The van der Waals surface area contributed by atoms with Gasteiger partial charge in [-0.15, -0.1) is 0 Å². The molecule has 4 nitrogen and oxygen atoms in total. The van der Waals surface area contributed by atoms with Gasteiger partial charge in [0.25, 0.3) is 0 Å². The Hall–Kier alpha value is -3.50. The second-order valence-electron chi connectivity index (χ2n) is 6.60. The molecule has 1 aliphatic rings. The lowest BCUT2D eigenvalue weighted by Gasteiger charge is -2.31. The third kappa shape index (κ3) is 2.36. The van der Waals surface area contributed by atoms with Crippen LogP contribution in [-0.4, -0.2) is 10.2 Å². The second-order valence-corrected chi connectivity index (χ2v) is 6.60. The van der Waals surface area contributed by atoms with Gasteiger partial charge in [-0.2, -0.15) is 10.5 Å². The normalized spacial score (nSPS) is 14.8. The molecular weight excluding hydrogens is 310 g/mol. The van der Waals surface area contributed by atoms with Crippen LogP contribution in [0, 0.1) is 22.7 Å². The Balaban J connectivity index is 2.04. The number of hydrogen-bond donors (Lipinski definition) is 0. The molecule has 0 spiro atoms. The molecule has 0 amide bonds. The highest BCUT2D eigenvalue weighted by Crippen LogP contribution is 2.39. The van der Waals surface area contributed by atoms with Crippen molar-refractivity contribution in [2.45, 2.75) is 19.4 Å². The number of rotatable bonds is 1. The van der Waals surface area contributed by atoms with Gasteiger partial charge < -0.3 is 9.30 Å². The number of benzene rings is 2. The SMILES string of the molecule is CC1(C)C=C(n2cc(C#N)c3ccccc32)c2cc(C#N)ccc2O1. The minimum absolute atomic E-state index is 0.491. The molecular formula is C21H15N3O. The summed E-state index contributed by atoms with van der Waals surface area (Å²) in [5, 5.41) is 19.6. The smallest absolute Gasteiger partial charge is 0.130 e. The number of nitriles is 2. The molecule has 0 unspecified atom stereocenters. The fourth-order valence-electron chi connectivity index (χ4n) is 3.28. The molecule has 0 saturated carbocycles. The number of fused-ring (bicyclic) bond motifs is 2. The van der Waals surface area contributed by atoms with Crippen LogP contribution in [0.4, 0.5) is 0 Å². The Kier molecular flexibility index (Phi) is 3.17. The first kappa shape index (κ1) is 15.1. The van der Waals surface area contributed by atoms with Crippen LogP contribution in [0.15, 0.2) is 54.7 Å². The first-order valence-corrected chi connectivity index (χ1v) is 7.99. The van der Waals surface area contributed by atoms with Crippen LogP contribution in [0.25, 0.3) is 16.6 Å². The number of nitrogens with zero attached hydrogens (tertiary/aromatic N) is 3. The third-order valence-electron chi connectivity index (χ3n) is 4.33. The molecule has 1 aliphatic heterocycles. The van der Waals surface area contributed by atoms with Crippen LogP contribution in [0.3, 0.4) is 0 Å². The van der Waals surface area contributed by atoms with Crippen molar-refractivity contribution in [2.24, 2.45) is 0 Å². The Labute approximate surface area is 145 Å². The average Bonchev–Trinajstić information content (AvgIpc) is 2.99. The Bertz CT molecular complexity index is 1120. The molecule has 25 heavy (non-hydrogen) atoms. The number of para-hydroxylation sites is 1. The number of aromatic nitrogens is 1. The lowest BCUT2D eigenvalue weighted by molar-refractivity contribution is 0.157. The summed E-state index contributed by atoms with van der Waals surface area (Å²) in [7, 11) is 0. The fourth-order valence-corrected chi connectivity index (χ4v) is 3.28. The number of ether oxygens (including phenoxy) is 1. The van der Waals surface area contributed by atoms with E-state index in [-0.39, 0.29) is 0 Å². The maximum absolute atomic E-state index is 9.48. The Morgan fingerprint density at radius 1 is 1.04 bits per heavy atom. The minimum atomic E-state index is -0.491. The van der Waals surface area contributed by atoms with E-state index in [4.69, 9.17) is 4.74 Å². The lowest BCUT2D eigenvalue weighted by atomic mass is 9.97. The van der Waals surface area contributed by atoms with E-state index in [0.29, 0.717) is 11.1 Å². The lowest BCUT2D eigenvalue weighted by Crippen LogP contribution is -2.30. The predicted octanol–water partition coefficient (Wildman–Crippen LogP) is 4.44. The summed E-state index contributed by atoms with van der Waals surface area (Å²) in [4.78, 5) is 0. The zero-order valence-electron chi connectivity index (χ0n) is 13.9. The Morgan fingerprint density at radius 2 is 1.84 bits per heavy atom. The molecule has 0 fully saturated rings. The monoisotopic (exact) mass is 325 g/mol. The van der Waals surface area contributed by atoms with Gasteiger partial charge in [-0.3, -0.25) is 0 Å². The van der Waals surface area contributed by atoms with E-state index >= 15 is 0 Å². The average molecular weight is 325 g/mol. The molecule has 2 aromatic carbocycles. The highest BCUT2D eigenvalue weighted by Gasteiger charge is 2.28. The fraction of sp³-hybridized carbons (Fsp3) is 0.143. The zero-order chi connectivity index (χ0) is 17.6. The molecule has 4 rings (SSSR count). The quantitative estimate of drug-likeness (QED) is 0.664. The molecule has 0 aliphatic carbocycles. The summed E-state index contributed by atoms with van der Waals surface area (Å²) in [6.45, 7) is 3.98. The predicted molar refractivity (Wildman–Crippen MR) is 95.9 cm³/mol. The molecule has 4 heteroatoms. The van der Waals surface area contributed by atoms with Gasteiger partial charge in [0, 0.05) is 17.1 Å². The molecule has 3 aromatic rings. The maximum Gasteiger partial charge on any atom is 0.130 e. The van der Waals surface area contributed by atoms with Crippen molar-refractivity contribution in [2.75, 3.05) is 0 Å². The van der Waals surface area contributed by atoms with E-state index in [9.17, 15) is 10.5 Å². The van der Waals surface area contributed by atoms with Crippen molar-refractivity contribution >= 4 is 16.6 Å². The van der Waals surface area contributed by atoms with Crippen LogP contribution in [-0.2, 0) is 0 Å². The standard InChI is InChI=1S/C21H15N3O/c1-21(2)10-19(17-9-14(11-22)7-8-20(17)25-21)24-13-15(12-23)16-5-3-4-6-18(16)24/h3-10,13H,1-2H3. The summed E-state index contributed by atoms with van der Waals surface area (Å²) < 4.78 is 8.06. The largest absolute Gasteiger partial charge is 0.483 e. The Morgan fingerprint density at radius 3 is 2.60 bits per heavy atom. The van der Waals surface area contributed by atoms with Gasteiger partial charge in [0.05, 0.1) is 28.4 Å². The topological polar surface area (TPSA) is 61.7 Å². The van der Waals surface area contributed by atoms with E-state index in [0.717, 1.165) is 27.9 Å². The molecule has 0 saturated heterocycles. The van der Waals surface area contributed by atoms with Gasteiger partial charge >= 0.3 is 0 Å². The van der Waals surface area contributed by atoms with Crippen molar-refractivity contribution < 1.29 is 4.74 Å². The summed E-state index contributed by atoms with van der Waals surface area (Å²) in [5.41, 5.74) is 3.43. The first-order valence-electron chi connectivity index (χ1n) is 7.99. The van der Waals surface area contributed by atoms with Gasteiger partial charge in [-0.25, -0.2) is 0 Å². The molecule has 1 aromatic heterocycles. The highest BCUT2D eigenvalue weighted by molar-refractivity contribution is 5.91. The van der Waals surface area contributed by atoms with Gasteiger partial charge in [-0.05, 0) is 44.2 Å². The van der Waals surface area contributed by atoms with Crippen LogP contribution in [0.2, 0.25) is 0 Å². The molecule has 0 N–H and O–H groups in total. The van der Waals surface area contributed by atoms with Crippen LogP contribution < -0.4 is 4.74 Å². The van der Waals surface area contributed by atoms with Crippen LogP contribution in [0.5, 0.6) is 5.75 Å². The summed E-state index contributed by atoms with van der Waals surface area (Å²) >= 11 is 0. The number of hydrogen-bond acceptors (Lipinski definition) is 3. The molecule has 0 radical (unpaired) electrons. The molecule has 120 valence electrons. The van der Waals surface area contributed by atoms with E-state index in [2.05, 4.69) is 12.1 Å². The molecule has 2 heterocycles. The van der Waals surface area contributed by atoms with Gasteiger partial charge in [0.15, 0.2) is 0 Å². The second kappa shape index (κ2) is 5.26. The van der Waals surface area contributed by atoms with Crippen LogP contribution in [0.1, 0.15) is 30.5 Å². The third-order valence-corrected chi connectivity index (χ3v) is 4.33. The van der Waals surface area contributed by atoms with Crippen molar-refractivity contribution in [1.29, 1.82) is 10.5 Å². The maximum atomic E-state index is 9.48. The van der Waals surface area contributed by atoms with Crippen molar-refractivity contribution in [1.82, 2.24) is 4.57 Å². The van der Waals surface area contributed by atoms with Gasteiger partial charge in [-0.1, -0.05) is 18.2 Å². The van der Waals surface area contributed by atoms with E-state index in [1.54, 1.807) is 6.07 Å². The first-order chi connectivity index (χ1) is 12.0. The van der Waals surface area contributed by atoms with Crippen molar-refractivity contribution in [3.63, 3.8) is 0 Å². The minimum Gasteiger partial charge on any atom is -0.483 e. The molecule has 0 bridgehead atoms. The van der Waals surface area contributed by atoms with Crippen LogP contribution >= 0.6 is 0 Å². The van der Waals surface area contributed by atoms with E-state index in [1.807, 2.05) is 67.1 Å². The van der Waals surface area contributed by atoms with E-state index < -0.39 is 5.60 Å². The van der Waals surface area contributed by atoms with Gasteiger partial charge in [0.2, 0.25) is 0 Å². The summed E-state index contributed by atoms with van der Waals surface area (Å²) in [6.07, 6.45) is 3.88. The zero-order valence-corrected chi connectivity index (χ0v) is 13.9. The highest BCUT2D eigenvalue weighted by atomic mass is 16.5. The van der Waals surface area contributed by atoms with Gasteiger partial charge in [0.1, 0.15) is 17.4 Å².